The molecule has 12 heteroatoms. The Morgan fingerprint density at radius 3 is 2.51 bits per heavy atom. The summed E-state index contributed by atoms with van der Waals surface area (Å²) in [4.78, 5) is 35.4. The summed E-state index contributed by atoms with van der Waals surface area (Å²) in [5.74, 6) is -0.926. The number of hydrogen-bond acceptors (Lipinski definition) is 8. The summed E-state index contributed by atoms with van der Waals surface area (Å²) >= 11 is 6.42. The van der Waals surface area contributed by atoms with Crippen LogP contribution in [0.4, 0.5) is 14.7 Å². The fourth-order valence-corrected chi connectivity index (χ4v) is 5.09. The molecule has 214 valence electrons. The Balaban J connectivity index is 1.42. The van der Waals surface area contributed by atoms with Gasteiger partial charge < -0.3 is 14.5 Å². The van der Waals surface area contributed by atoms with E-state index in [1.807, 2.05) is 6.92 Å². The SMILES string of the molecule is Cc1cnc(-c2ccnc(N3CCC(N(C)C)CC3)n2)cc1-n1c(C)cc(OCc2ncc(F)cc2F)c(Cl)c1=O. The topological polar surface area (TPSA) is 89.3 Å². The number of anilines is 1. The third-order valence-corrected chi connectivity index (χ3v) is 7.59. The van der Waals surface area contributed by atoms with E-state index in [2.05, 4.69) is 38.8 Å². The molecule has 1 aliphatic heterocycles. The van der Waals surface area contributed by atoms with Crippen LogP contribution in [-0.4, -0.2) is 62.6 Å². The number of ether oxygens (including phenoxy) is 1. The first-order valence-electron chi connectivity index (χ1n) is 13.2. The van der Waals surface area contributed by atoms with Crippen LogP contribution in [0.5, 0.6) is 5.75 Å². The second kappa shape index (κ2) is 11.9. The summed E-state index contributed by atoms with van der Waals surface area (Å²) in [6, 6.07) is 6.43. The number of pyridine rings is 3. The van der Waals surface area contributed by atoms with Crippen molar-refractivity contribution in [3.05, 3.63) is 86.8 Å². The Labute approximate surface area is 241 Å². The summed E-state index contributed by atoms with van der Waals surface area (Å²) in [7, 11) is 4.21. The number of aryl methyl sites for hydroxylation is 2. The molecule has 0 saturated carbocycles. The van der Waals surface area contributed by atoms with E-state index in [9.17, 15) is 13.6 Å². The van der Waals surface area contributed by atoms with E-state index in [1.54, 1.807) is 37.5 Å². The molecule has 0 bridgehead atoms. The van der Waals surface area contributed by atoms with Gasteiger partial charge in [-0.3, -0.25) is 19.3 Å². The lowest BCUT2D eigenvalue weighted by Gasteiger charge is -2.35. The molecular formula is C29H30ClF2N7O2. The molecule has 0 amide bonds. The quantitative estimate of drug-likeness (QED) is 0.309. The molecule has 0 aliphatic carbocycles. The van der Waals surface area contributed by atoms with Crippen molar-refractivity contribution in [3.8, 4) is 22.8 Å². The zero-order valence-corrected chi connectivity index (χ0v) is 24.0. The Morgan fingerprint density at radius 1 is 1.05 bits per heavy atom. The van der Waals surface area contributed by atoms with Gasteiger partial charge in [0.25, 0.3) is 5.56 Å². The maximum Gasteiger partial charge on any atom is 0.277 e. The van der Waals surface area contributed by atoms with Gasteiger partial charge >= 0.3 is 0 Å². The molecule has 1 aliphatic rings. The van der Waals surface area contributed by atoms with E-state index in [1.165, 1.54) is 4.57 Å². The molecule has 0 atom stereocenters. The second-order valence-electron chi connectivity index (χ2n) is 10.3. The smallest absolute Gasteiger partial charge is 0.277 e. The first-order valence-corrected chi connectivity index (χ1v) is 13.6. The van der Waals surface area contributed by atoms with Gasteiger partial charge in [0.1, 0.15) is 28.9 Å². The number of piperidine rings is 1. The Kier molecular flexibility index (Phi) is 8.27. The highest BCUT2D eigenvalue weighted by Gasteiger charge is 2.23. The van der Waals surface area contributed by atoms with Gasteiger partial charge in [-0.25, -0.2) is 18.7 Å². The lowest BCUT2D eigenvalue weighted by Crippen LogP contribution is -2.42. The summed E-state index contributed by atoms with van der Waals surface area (Å²) in [5.41, 5.74) is 2.47. The average molecular weight is 582 g/mol. The number of hydrogen-bond donors (Lipinski definition) is 0. The largest absolute Gasteiger partial charge is 0.485 e. The minimum Gasteiger partial charge on any atom is -0.485 e. The lowest BCUT2D eigenvalue weighted by molar-refractivity contribution is 0.249. The van der Waals surface area contributed by atoms with E-state index in [0.29, 0.717) is 40.8 Å². The first-order chi connectivity index (χ1) is 19.6. The predicted molar refractivity (Wildman–Crippen MR) is 153 cm³/mol. The van der Waals surface area contributed by atoms with E-state index in [-0.39, 0.29) is 23.1 Å². The van der Waals surface area contributed by atoms with Crippen molar-refractivity contribution in [2.24, 2.45) is 0 Å². The van der Waals surface area contributed by atoms with Crippen molar-refractivity contribution in [1.82, 2.24) is 29.4 Å². The van der Waals surface area contributed by atoms with Gasteiger partial charge in [0.05, 0.1) is 23.3 Å². The molecule has 0 radical (unpaired) electrons. The third kappa shape index (κ3) is 6.06. The molecule has 41 heavy (non-hydrogen) atoms. The highest BCUT2D eigenvalue weighted by atomic mass is 35.5. The molecule has 0 unspecified atom stereocenters. The second-order valence-corrected chi connectivity index (χ2v) is 10.6. The summed E-state index contributed by atoms with van der Waals surface area (Å²) in [6.07, 6.45) is 6.36. The number of nitrogens with zero attached hydrogens (tertiary/aromatic N) is 7. The molecular weight excluding hydrogens is 552 g/mol. The van der Waals surface area contributed by atoms with E-state index < -0.39 is 17.2 Å². The van der Waals surface area contributed by atoms with Crippen LogP contribution in [0.1, 0.15) is 29.8 Å². The minimum absolute atomic E-state index is 0.0707. The van der Waals surface area contributed by atoms with Crippen LogP contribution in [0.3, 0.4) is 0 Å². The summed E-state index contributed by atoms with van der Waals surface area (Å²) in [6.45, 7) is 4.99. The van der Waals surface area contributed by atoms with Gasteiger partial charge in [0.2, 0.25) is 5.95 Å². The first kappa shape index (κ1) is 28.6. The molecule has 1 saturated heterocycles. The Hall–Kier alpha value is -3.96. The molecule has 1 fully saturated rings. The van der Waals surface area contributed by atoms with Crippen molar-refractivity contribution in [2.75, 3.05) is 32.1 Å². The van der Waals surface area contributed by atoms with E-state index in [4.69, 9.17) is 21.3 Å². The minimum atomic E-state index is -0.850. The van der Waals surface area contributed by atoms with E-state index >= 15 is 0 Å². The van der Waals surface area contributed by atoms with Crippen LogP contribution in [0.25, 0.3) is 17.1 Å². The fraction of sp³-hybridized carbons (Fsp3) is 0.345. The van der Waals surface area contributed by atoms with Crippen molar-refractivity contribution >= 4 is 17.5 Å². The van der Waals surface area contributed by atoms with Gasteiger partial charge in [0, 0.05) is 49.4 Å². The maximum absolute atomic E-state index is 14.0. The summed E-state index contributed by atoms with van der Waals surface area (Å²) < 4.78 is 34.2. The molecule has 9 nitrogen and oxygen atoms in total. The van der Waals surface area contributed by atoms with Crippen molar-refractivity contribution < 1.29 is 13.5 Å². The highest BCUT2D eigenvalue weighted by molar-refractivity contribution is 6.31. The van der Waals surface area contributed by atoms with Crippen LogP contribution in [-0.2, 0) is 6.61 Å². The number of rotatable bonds is 7. The Morgan fingerprint density at radius 2 is 1.80 bits per heavy atom. The third-order valence-electron chi connectivity index (χ3n) is 7.25. The highest BCUT2D eigenvalue weighted by Crippen LogP contribution is 2.28. The molecule has 0 spiro atoms. The van der Waals surface area contributed by atoms with Gasteiger partial charge in [-0.2, -0.15) is 0 Å². The molecule has 0 N–H and O–H groups in total. The van der Waals surface area contributed by atoms with Gasteiger partial charge in [-0.1, -0.05) is 11.6 Å². The van der Waals surface area contributed by atoms with Crippen molar-refractivity contribution in [1.29, 1.82) is 0 Å². The molecule has 0 aromatic carbocycles. The molecule has 4 aromatic rings. The Bertz CT molecular complexity index is 1640. The van der Waals surface area contributed by atoms with Crippen molar-refractivity contribution in [3.63, 3.8) is 0 Å². The zero-order chi connectivity index (χ0) is 29.3. The maximum atomic E-state index is 14.0. The molecule has 4 aromatic heterocycles. The molecule has 5 heterocycles. The van der Waals surface area contributed by atoms with Crippen LogP contribution in [0.2, 0.25) is 5.02 Å². The standard InChI is InChI=1S/C29H30ClF2N7O2/c1-17-14-34-23(22-5-8-33-29(36-22)38-9-6-20(7-10-38)37(3)4)13-25(17)39-18(2)11-26(27(30)28(39)40)41-16-24-21(32)12-19(31)15-35-24/h5,8,11-15,20H,6-7,9-10,16H2,1-4H3. The number of aromatic nitrogens is 5. The zero-order valence-electron chi connectivity index (χ0n) is 23.2. The predicted octanol–water partition coefficient (Wildman–Crippen LogP) is 4.74. The van der Waals surface area contributed by atoms with Gasteiger partial charge in [-0.05, 0) is 58.5 Å². The van der Waals surface area contributed by atoms with Crippen LogP contribution in [0.15, 0.2) is 47.7 Å². The van der Waals surface area contributed by atoms with Crippen LogP contribution < -0.4 is 15.2 Å². The van der Waals surface area contributed by atoms with E-state index in [0.717, 1.165) is 37.7 Å². The van der Waals surface area contributed by atoms with Crippen LogP contribution >= 0.6 is 11.6 Å². The lowest BCUT2D eigenvalue weighted by atomic mass is 10.0. The van der Waals surface area contributed by atoms with Gasteiger partial charge in [0.15, 0.2) is 5.82 Å². The van der Waals surface area contributed by atoms with Crippen LogP contribution in [0, 0.1) is 25.5 Å². The fourth-order valence-electron chi connectivity index (χ4n) is 4.90. The number of halogens is 3. The average Bonchev–Trinajstić information content (AvgIpc) is 2.96. The van der Waals surface area contributed by atoms with Crippen molar-refractivity contribution in [2.45, 2.75) is 39.3 Å². The van der Waals surface area contributed by atoms with Gasteiger partial charge in [-0.15, -0.1) is 0 Å². The normalized spacial score (nSPS) is 14.1. The summed E-state index contributed by atoms with van der Waals surface area (Å²) in [5, 5.41) is -0.179. The monoisotopic (exact) mass is 581 g/mol. The molecule has 5 rings (SSSR count).